The average molecular weight is 245 g/mol. The molecule has 1 rings (SSSR count). The minimum absolute atomic E-state index is 0.286. The van der Waals surface area contributed by atoms with Gasteiger partial charge in [-0.2, -0.15) is 0 Å². The monoisotopic (exact) mass is 245 g/mol. The number of carbonyl (C=O) groups excluding carboxylic acids is 3. The molecule has 0 N–H and O–H groups in total. The van der Waals surface area contributed by atoms with Crippen LogP contribution in [0.4, 0.5) is 4.79 Å². The topological polar surface area (TPSA) is 82.1 Å². The number of hydrogen-bond acceptors (Lipinski definition) is 6. The number of ether oxygens (including phenoxy) is 3. The fourth-order valence-corrected chi connectivity index (χ4v) is 1.14. The SMILES string of the molecule is CC(=O)O[C@H]1C(=O)OCN1C(=O)OC(C)(C)C. The van der Waals surface area contributed by atoms with E-state index in [0.717, 1.165) is 11.8 Å². The molecule has 7 nitrogen and oxygen atoms in total. The van der Waals surface area contributed by atoms with Crippen molar-refractivity contribution in [1.29, 1.82) is 0 Å². The van der Waals surface area contributed by atoms with E-state index in [-0.39, 0.29) is 6.73 Å². The second-order valence-corrected chi connectivity index (χ2v) is 4.50. The Hall–Kier alpha value is -1.79. The van der Waals surface area contributed by atoms with Gasteiger partial charge in [0.15, 0.2) is 6.73 Å². The molecule has 17 heavy (non-hydrogen) atoms. The molecule has 0 aromatic carbocycles. The fourth-order valence-electron chi connectivity index (χ4n) is 1.14. The Morgan fingerprint density at radius 1 is 1.41 bits per heavy atom. The lowest BCUT2D eigenvalue weighted by atomic mass is 10.2. The third-order valence-electron chi connectivity index (χ3n) is 1.74. The van der Waals surface area contributed by atoms with E-state index in [1.54, 1.807) is 20.8 Å². The van der Waals surface area contributed by atoms with Crippen molar-refractivity contribution in [3.63, 3.8) is 0 Å². The van der Waals surface area contributed by atoms with Gasteiger partial charge >= 0.3 is 18.0 Å². The van der Waals surface area contributed by atoms with E-state index in [4.69, 9.17) is 4.74 Å². The molecule has 0 aromatic heterocycles. The molecule has 1 aliphatic heterocycles. The number of rotatable bonds is 1. The Balaban J connectivity index is 2.72. The summed E-state index contributed by atoms with van der Waals surface area (Å²) in [6, 6.07) is 0. The van der Waals surface area contributed by atoms with Gasteiger partial charge < -0.3 is 14.2 Å². The van der Waals surface area contributed by atoms with Crippen molar-refractivity contribution in [2.45, 2.75) is 39.5 Å². The third-order valence-corrected chi connectivity index (χ3v) is 1.74. The number of carbonyl (C=O) groups is 3. The second kappa shape index (κ2) is 4.60. The fraction of sp³-hybridized carbons (Fsp3) is 0.700. The number of nitrogens with zero attached hydrogens (tertiary/aromatic N) is 1. The highest BCUT2D eigenvalue weighted by atomic mass is 16.7. The number of cyclic esters (lactones) is 1. The zero-order valence-electron chi connectivity index (χ0n) is 10.2. The standard InChI is InChI=1S/C10H15NO6/c1-6(12)16-7-8(13)15-5-11(7)9(14)17-10(2,3)4/h7H,5H2,1-4H3/t7-/m0/s1. The molecular formula is C10H15NO6. The highest BCUT2D eigenvalue weighted by Gasteiger charge is 2.42. The van der Waals surface area contributed by atoms with Crippen LogP contribution in [0.2, 0.25) is 0 Å². The Kier molecular flexibility index (Phi) is 3.59. The first-order valence-electron chi connectivity index (χ1n) is 5.04. The van der Waals surface area contributed by atoms with Crippen LogP contribution in [-0.2, 0) is 23.8 Å². The summed E-state index contributed by atoms with van der Waals surface area (Å²) >= 11 is 0. The lowest BCUT2D eigenvalue weighted by Gasteiger charge is -2.25. The van der Waals surface area contributed by atoms with E-state index < -0.39 is 29.9 Å². The van der Waals surface area contributed by atoms with Crippen molar-refractivity contribution in [2.24, 2.45) is 0 Å². The Morgan fingerprint density at radius 3 is 2.47 bits per heavy atom. The zero-order chi connectivity index (χ0) is 13.2. The maximum Gasteiger partial charge on any atom is 0.416 e. The predicted molar refractivity (Wildman–Crippen MR) is 54.6 cm³/mol. The maximum atomic E-state index is 11.7. The summed E-state index contributed by atoms with van der Waals surface area (Å²) in [5.74, 6) is -1.46. The molecule has 1 heterocycles. The largest absolute Gasteiger partial charge is 0.444 e. The second-order valence-electron chi connectivity index (χ2n) is 4.50. The molecule has 1 amide bonds. The van der Waals surface area contributed by atoms with Gasteiger partial charge in [-0.1, -0.05) is 0 Å². The van der Waals surface area contributed by atoms with E-state index >= 15 is 0 Å². The Labute approximate surface area is 98.6 Å². The van der Waals surface area contributed by atoms with E-state index in [1.165, 1.54) is 0 Å². The molecule has 0 bridgehead atoms. The van der Waals surface area contributed by atoms with Crippen LogP contribution in [-0.4, -0.2) is 41.5 Å². The molecule has 0 saturated carbocycles. The lowest BCUT2D eigenvalue weighted by molar-refractivity contribution is -0.163. The maximum absolute atomic E-state index is 11.7. The van der Waals surface area contributed by atoms with E-state index in [0.29, 0.717) is 0 Å². The van der Waals surface area contributed by atoms with Crippen molar-refractivity contribution in [1.82, 2.24) is 4.90 Å². The van der Waals surface area contributed by atoms with Crippen molar-refractivity contribution < 1.29 is 28.6 Å². The van der Waals surface area contributed by atoms with Crippen LogP contribution in [0.25, 0.3) is 0 Å². The van der Waals surface area contributed by atoms with Crippen LogP contribution < -0.4 is 0 Å². The van der Waals surface area contributed by atoms with Gasteiger partial charge in [-0.15, -0.1) is 0 Å². The Bertz CT molecular complexity index is 345. The Morgan fingerprint density at radius 2 is 2.00 bits per heavy atom. The predicted octanol–water partition coefficient (Wildman–Crippen LogP) is 0.627. The van der Waals surface area contributed by atoms with Gasteiger partial charge in [0.2, 0.25) is 0 Å². The van der Waals surface area contributed by atoms with Crippen molar-refractivity contribution in [3.8, 4) is 0 Å². The van der Waals surface area contributed by atoms with Crippen molar-refractivity contribution >= 4 is 18.0 Å². The van der Waals surface area contributed by atoms with Gasteiger partial charge in [-0.3, -0.25) is 4.79 Å². The molecule has 0 aromatic rings. The number of amides is 1. The first kappa shape index (κ1) is 13.3. The molecule has 0 radical (unpaired) electrons. The quantitative estimate of drug-likeness (QED) is 0.497. The molecular weight excluding hydrogens is 230 g/mol. The molecule has 1 saturated heterocycles. The lowest BCUT2D eigenvalue weighted by Crippen LogP contribution is -2.43. The summed E-state index contributed by atoms with van der Waals surface area (Å²) in [4.78, 5) is 34.6. The summed E-state index contributed by atoms with van der Waals surface area (Å²) in [6.45, 7) is 5.91. The highest BCUT2D eigenvalue weighted by Crippen LogP contribution is 2.17. The van der Waals surface area contributed by atoms with Gasteiger partial charge in [0.1, 0.15) is 5.60 Å². The number of esters is 2. The molecule has 1 fully saturated rings. The molecule has 0 unspecified atom stereocenters. The van der Waals surface area contributed by atoms with Gasteiger partial charge in [-0.25, -0.2) is 14.5 Å². The molecule has 1 atom stereocenters. The van der Waals surface area contributed by atoms with Crippen LogP contribution in [0.1, 0.15) is 27.7 Å². The first-order chi connectivity index (χ1) is 7.70. The normalized spacial score (nSPS) is 19.9. The number of hydrogen-bond donors (Lipinski definition) is 0. The molecule has 7 heteroatoms. The summed E-state index contributed by atoms with van der Waals surface area (Å²) in [7, 11) is 0. The van der Waals surface area contributed by atoms with Crippen LogP contribution in [0.5, 0.6) is 0 Å². The molecule has 0 spiro atoms. The van der Waals surface area contributed by atoms with Crippen molar-refractivity contribution in [3.05, 3.63) is 0 Å². The van der Waals surface area contributed by atoms with E-state index in [1.807, 2.05) is 0 Å². The summed E-state index contributed by atoms with van der Waals surface area (Å²) in [6.07, 6.45) is -2.13. The van der Waals surface area contributed by atoms with Gasteiger partial charge in [-0.05, 0) is 20.8 Å². The third kappa shape index (κ3) is 3.61. The van der Waals surface area contributed by atoms with E-state index in [9.17, 15) is 14.4 Å². The van der Waals surface area contributed by atoms with Crippen LogP contribution in [0.3, 0.4) is 0 Å². The van der Waals surface area contributed by atoms with Crippen LogP contribution in [0.15, 0.2) is 0 Å². The van der Waals surface area contributed by atoms with Crippen molar-refractivity contribution in [2.75, 3.05) is 6.73 Å². The first-order valence-corrected chi connectivity index (χ1v) is 5.04. The van der Waals surface area contributed by atoms with Gasteiger partial charge in [0.05, 0.1) is 0 Å². The summed E-state index contributed by atoms with van der Waals surface area (Å²) in [5.41, 5.74) is -0.705. The summed E-state index contributed by atoms with van der Waals surface area (Å²) < 4.78 is 14.4. The highest BCUT2D eigenvalue weighted by molar-refractivity contribution is 5.84. The summed E-state index contributed by atoms with van der Waals surface area (Å²) in [5, 5.41) is 0. The minimum Gasteiger partial charge on any atom is -0.444 e. The smallest absolute Gasteiger partial charge is 0.416 e. The zero-order valence-corrected chi connectivity index (χ0v) is 10.2. The van der Waals surface area contributed by atoms with Gasteiger partial charge in [0.25, 0.3) is 6.23 Å². The minimum atomic E-state index is -1.36. The molecule has 96 valence electrons. The molecule has 1 aliphatic rings. The van der Waals surface area contributed by atoms with Gasteiger partial charge in [0, 0.05) is 6.92 Å². The van der Waals surface area contributed by atoms with E-state index in [2.05, 4.69) is 9.47 Å². The molecule has 0 aliphatic carbocycles. The average Bonchev–Trinajstić information content (AvgIpc) is 2.44. The van der Waals surface area contributed by atoms with Crippen LogP contribution in [0, 0.1) is 0 Å². The van der Waals surface area contributed by atoms with Crippen LogP contribution >= 0.6 is 0 Å².